The molecule has 0 N–H and O–H groups in total. The lowest BCUT2D eigenvalue weighted by atomic mass is 10.2. The summed E-state index contributed by atoms with van der Waals surface area (Å²) in [6.07, 6.45) is 1.37. The lowest BCUT2D eigenvalue weighted by Gasteiger charge is -2.07. The first-order valence-electron chi connectivity index (χ1n) is 7.55. The Morgan fingerprint density at radius 2 is 1.84 bits per heavy atom. The Bertz CT molecular complexity index is 918. The zero-order valence-electron chi connectivity index (χ0n) is 13.4. The van der Waals surface area contributed by atoms with Crippen LogP contribution in [-0.2, 0) is 22.3 Å². The minimum atomic E-state index is -1.21. The summed E-state index contributed by atoms with van der Waals surface area (Å²) >= 11 is 5.91. The maximum absolute atomic E-state index is 13.1. The van der Waals surface area contributed by atoms with E-state index in [2.05, 4.69) is 15.0 Å². The smallest absolute Gasteiger partial charge is 0.213 e. The third kappa shape index (κ3) is 4.90. The molecule has 0 bridgehead atoms. The molecular formula is C18H15ClFN3OS. The van der Waals surface area contributed by atoms with Crippen molar-refractivity contribution in [2.24, 2.45) is 0 Å². The molecule has 1 unspecified atom stereocenters. The first-order valence-corrected chi connectivity index (χ1v) is 9.42. The second kappa shape index (κ2) is 7.80. The molecule has 2 heterocycles. The SMILES string of the molecule is Cc1cc(CS(=O)Cc2ccnc(F)c2)nc(-c2ccc(Cl)cc2)n1. The number of halogens is 2. The highest BCUT2D eigenvalue weighted by molar-refractivity contribution is 7.83. The van der Waals surface area contributed by atoms with Crippen molar-refractivity contribution in [2.75, 3.05) is 0 Å². The van der Waals surface area contributed by atoms with Crippen molar-refractivity contribution in [1.29, 1.82) is 0 Å². The molecule has 0 spiro atoms. The van der Waals surface area contributed by atoms with Crippen molar-refractivity contribution in [2.45, 2.75) is 18.4 Å². The Morgan fingerprint density at radius 1 is 1.08 bits per heavy atom. The third-order valence-electron chi connectivity index (χ3n) is 3.44. The van der Waals surface area contributed by atoms with E-state index in [0.717, 1.165) is 11.3 Å². The van der Waals surface area contributed by atoms with Gasteiger partial charge in [-0.3, -0.25) is 4.21 Å². The van der Waals surface area contributed by atoms with Crippen molar-refractivity contribution in [3.63, 3.8) is 0 Å². The van der Waals surface area contributed by atoms with Crippen molar-refractivity contribution in [3.05, 3.63) is 76.6 Å². The van der Waals surface area contributed by atoms with Gasteiger partial charge in [-0.05, 0) is 55.0 Å². The standard InChI is InChI=1S/C18H15ClFN3OS/c1-12-8-16(11-25(24)10-13-6-7-21-17(20)9-13)23-18(22-12)14-2-4-15(19)5-3-14/h2-9H,10-11H2,1H3. The minimum Gasteiger partial charge on any atom is -0.259 e. The van der Waals surface area contributed by atoms with Crippen LogP contribution in [0.1, 0.15) is 17.0 Å². The van der Waals surface area contributed by atoms with Gasteiger partial charge in [-0.25, -0.2) is 15.0 Å². The molecule has 3 rings (SSSR count). The number of aryl methyl sites for hydroxylation is 1. The number of aromatic nitrogens is 3. The van der Waals surface area contributed by atoms with Crippen LogP contribution in [0.3, 0.4) is 0 Å². The van der Waals surface area contributed by atoms with Crippen LogP contribution in [0.2, 0.25) is 5.02 Å². The van der Waals surface area contributed by atoms with Crippen LogP contribution in [0.25, 0.3) is 11.4 Å². The summed E-state index contributed by atoms with van der Waals surface area (Å²) in [4.78, 5) is 12.4. The largest absolute Gasteiger partial charge is 0.259 e. The third-order valence-corrected chi connectivity index (χ3v) is 4.96. The van der Waals surface area contributed by atoms with Crippen LogP contribution in [0, 0.1) is 12.9 Å². The summed E-state index contributed by atoms with van der Waals surface area (Å²) in [6.45, 7) is 1.87. The summed E-state index contributed by atoms with van der Waals surface area (Å²) in [5, 5.41) is 0.641. The number of pyridine rings is 1. The van der Waals surface area contributed by atoms with Gasteiger partial charge in [0.2, 0.25) is 5.95 Å². The molecular weight excluding hydrogens is 361 g/mol. The summed E-state index contributed by atoms with van der Waals surface area (Å²) in [5.74, 6) is 0.517. The van der Waals surface area contributed by atoms with Gasteiger partial charge in [-0.1, -0.05) is 11.6 Å². The molecule has 0 aliphatic rings. The zero-order chi connectivity index (χ0) is 17.8. The minimum absolute atomic E-state index is 0.249. The quantitative estimate of drug-likeness (QED) is 0.630. The van der Waals surface area contributed by atoms with Gasteiger partial charge in [-0.15, -0.1) is 0 Å². The molecule has 0 amide bonds. The molecule has 1 atom stereocenters. The Kier molecular flexibility index (Phi) is 5.50. The predicted octanol–water partition coefficient (Wildman–Crippen LogP) is 4.09. The fourth-order valence-electron chi connectivity index (χ4n) is 2.37. The Hall–Kier alpha value is -2.18. The summed E-state index contributed by atoms with van der Waals surface area (Å²) in [7, 11) is -1.21. The molecule has 2 aromatic heterocycles. The average Bonchev–Trinajstić information content (AvgIpc) is 2.54. The normalized spacial score (nSPS) is 12.1. The molecule has 25 heavy (non-hydrogen) atoms. The van der Waals surface area contributed by atoms with Crippen LogP contribution in [-0.4, -0.2) is 19.2 Å². The first-order chi connectivity index (χ1) is 12.0. The lowest BCUT2D eigenvalue weighted by Crippen LogP contribution is -2.04. The van der Waals surface area contributed by atoms with Gasteiger partial charge in [0.25, 0.3) is 0 Å². The molecule has 1 aromatic carbocycles. The summed E-state index contributed by atoms with van der Waals surface area (Å²) < 4.78 is 25.5. The maximum atomic E-state index is 13.1. The van der Waals surface area contributed by atoms with Crippen LogP contribution in [0.15, 0.2) is 48.7 Å². The van der Waals surface area contributed by atoms with Crippen LogP contribution in [0.4, 0.5) is 4.39 Å². The second-order valence-electron chi connectivity index (χ2n) is 5.55. The fraction of sp³-hybridized carbons (Fsp3) is 0.167. The Morgan fingerprint density at radius 3 is 2.56 bits per heavy atom. The van der Waals surface area contributed by atoms with E-state index in [0.29, 0.717) is 22.1 Å². The summed E-state index contributed by atoms with van der Waals surface area (Å²) in [6, 6.07) is 12.0. The monoisotopic (exact) mass is 375 g/mol. The van der Waals surface area contributed by atoms with Gasteiger partial charge in [0, 0.05) is 39.0 Å². The molecule has 0 aliphatic heterocycles. The molecule has 7 heteroatoms. The zero-order valence-corrected chi connectivity index (χ0v) is 15.0. The molecule has 0 aliphatic carbocycles. The predicted molar refractivity (Wildman–Crippen MR) is 97.0 cm³/mol. The molecule has 4 nitrogen and oxygen atoms in total. The van der Waals surface area contributed by atoms with E-state index in [1.807, 2.05) is 25.1 Å². The van der Waals surface area contributed by atoms with E-state index in [1.54, 1.807) is 18.2 Å². The Labute approximate surface area is 152 Å². The van der Waals surface area contributed by atoms with Crippen LogP contribution < -0.4 is 0 Å². The number of rotatable bonds is 5. The summed E-state index contributed by atoms with van der Waals surface area (Å²) in [5.41, 5.74) is 2.97. The highest BCUT2D eigenvalue weighted by Crippen LogP contribution is 2.19. The highest BCUT2D eigenvalue weighted by atomic mass is 35.5. The van der Waals surface area contributed by atoms with Gasteiger partial charge in [-0.2, -0.15) is 4.39 Å². The van der Waals surface area contributed by atoms with Gasteiger partial charge in [0.15, 0.2) is 5.82 Å². The van der Waals surface area contributed by atoms with E-state index in [9.17, 15) is 8.60 Å². The molecule has 0 radical (unpaired) electrons. The molecule has 0 saturated heterocycles. The number of nitrogens with zero attached hydrogens (tertiary/aromatic N) is 3. The first kappa shape index (κ1) is 17.6. The van der Waals surface area contributed by atoms with Crippen LogP contribution >= 0.6 is 11.6 Å². The van der Waals surface area contributed by atoms with E-state index in [4.69, 9.17) is 11.6 Å². The van der Waals surface area contributed by atoms with E-state index in [-0.39, 0.29) is 11.5 Å². The van der Waals surface area contributed by atoms with Crippen molar-refractivity contribution < 1.29 is 8.60 Å². The van der Waals surface area contributed by atoms with Gasteiger partial charge >= 0.3 is 0 Å². The van der Waals surface area contributed by atoms with Crippen molar-refractivity contribution >= 4 is 22.4 Å². The Balaban J connectivity index is 1.78. The van der Waals surface area contributed by atoms with Crippen molar-refractivity contribution in [3.8, 4) is 11.4 Å². The molecule has 0 fully saturated rings. The van der Waals surface area contributed by atoms with E-state index >= 15 is 0 Å². The number of hydrogen-bond donors (Lipinski definition) is 0. The van der Waals surface area contributed by atoms with Gasteiger partial charge in [0.05, 0.1) is 11.4 Å². The fourth-order valence-corrected chi connectivity index (χ4v) is 3.63. The van der Waals surface area contributed by atoms with Crippen LogP contribution in [0.5, 0.6) is 0 Å². The molecule has 128 valence electrons. The lowest BCUT2D eigenvalue weighted by molar-refractivity contribution is 0.582. The van der Waals surface area contributed by atoms with E-state index < -0.39 is 16.7 Å². The van der Waals surface area contributed by atoms with Gasteiger partial charge < -0.3 is 0 Å². The second-order valence-corrected chi connectivity index (χ2v) is 7.44. The number of hydrogen-bond acceptors (Lipinski definition) is 4. The highest BCUT2D eigenvalue weighted by Gasteiger charge is 2.10. The maximum Gasteiger partial charge on any atom is 0.213 e. The molecule has 0 saturated carbocycles. The number of benzene rings is 1. The van der Waals surface area contributed by atoms with Gasteiger partial charge in [0.1, 0.15) is 0 Å². The average molecular weight is 376 g/mol. The topological polar surface area (TPSA) is 55.7 Å². The molecule has 3 aromatic rings. The van der Waals surface area contributed by atoms with E-state index in [1.165, 1.54) is 12.3 Å². The van der Waals surface area contributed by atoms with Crippen molar-refractivity contribution in [1.82, 2.24) is 15.0 Å².